The Morgan fingerprint density at radius 1 is 0.396 bits per heavy atom. The third-order valence-electron chi connectivity index (χ3n) is 11.6. The molecule has 0 heterocycles. The summed E-state index contributed by atoms with van der Waals surface area (Å²) >= 11 is 0. The third kappa shape index (κ3) is 13.4. The fraction of sp³-hybridized carbons (Fsp3) is 0.472. The topological polar surface area (TPSA) is 0 Å². The number of hydrogen-bond acceptors (Lipinski definition) is 0. The molecule has 2 saturated carbocycles. The van der Waals surface area contributed by atoms with Crippen molar-refractivity contribution in [2.75, 3.05) is 0 Å². The maximum absolute atomic E-state index is 3.55. The molecule has 0 N–H and O–H groups in total. The highest BCUT2D eigenvalue weighted by atomic mass is 14.2. The second-order valence-corrected chi connectivity index (χ2v) is 16.0. The number of rotatable bonds is 11. The van der Waals surface area contributed by atoms with Crippen molar-refractivity contribution in [2.24, 2.45) is 23.7 Å². The molecule has 0 saturated heterocycles. The van der Waals surface area contributed by atoms with Crippen LogP contribution >= 0.6 is 0 Å². The van der Waals surface area contributed by atoms with E-state index in [1.54, 1.807) is 0 Å². The van der Waals surface area contributed by atoms with Gasteiger partial charge in [-0.25, -0.2) is 0 Å². The molecule has 2 aliphatic carbocycles. The molecule has 53 heavy (non-hydrogen) atoms. The first kappa shape index (κ1) is 40.2. The average molecular weight is 703 g/mol. The van der Waals surface area contributed by atoms with Crippen molar-refractivity contribution in [2.45, 2.75) is 137 Å². The van der Waals surface area contributed by atoms with E-state index >= 15 is 0 Å². The minimum atomic E-state index is 0.605. The van der Waals surface area contributed by atoms with Crippen molar-refractivity contribution >= 4 is 0 Å². The molecule has 6 rings (SSSR count). The highest BCUT2D eigenvalue weighted by Crippen LogP contribution is 2.32. The lowest BCUT2D eigenvalue weighted by atomic mass is 9.80. The normalized spacial score (nSPS) is 19.5. The van der Waals surface area contributed by atoms with Crippen LogP contribution in [0.3, 0.4) is 0 Å². The maximum Gasteiger partial charge on any atom is 0.0245 e. The minimum absolute atomic E-state index is 0.605. The zero-order valence-electron chi connectivity index (χ0n) is 33.6. The van der Waals surface area contributed by atoms with Crippen LogP contribution in [0, 0.1) is 47.4 Å². The van der Waals surface area contributed by atoms with E-state index in [4.69, 9.17) is 0 Å². The van der Waals surface area contributed by atoms with Crippen LogP contribution in [0.15, 0.2) is 97.1 Å². The molecule has 0 bridgehead atoms. The number of aryl methyl sites for hydroxylation is 2. The highest BCUT2D eigenvalue weighted by molar-refractivity contribution is 5.65. The summed E-state index contributed by atoms with van der Waals surface area (Å²) in [7, 11) is 0. The second kappa shape index (κ2) is 22.3. The zero-order chi connectivity index (χ0) is 37.1. The molecule has 0 aromatic heterocycles. The summed E-state index contributed by atoms with van der Waals surface area (Å²) in [6.07, 6.45) is 22.3. The maximum atomic E-state index is 3.55. The van der Waals surface area contributed by atoms with Crippen LogP contribution in [0.2, 0.25) is 0 Å². The van der Waals surface area contributed by atoms with Crippen molar-refractivity contribution in [3.63, 3.8) is 0 Å². The molecule has 0 unspecified atom stereocenters. The van der Waals surface area contributed by atoms with E-state index in [-0.39, 0.29) is 0 Å². The summed E-state index contributed by atoms with van der Waals surface area (Å²) in [5.74, 6) is 17.1. The van der Waals surface area contributed by atoms with E-state index in [1.165, 1.54) is 130 Å². The number of benzene rings is 4. The van der Waals surface area contributed by atoms with Crippen LogP contribution in [0.4, 0.5) is 0 Å². The van der Waals surface area contributed by atoms with Crippen LogP contribution in [0.1, 0.15) is 146 Å². The second-order valence-electron chi connectivity index (χ2n) is 16.0. The SMILES string of the molecule is CCCCC1CCC(C#Cc2ccc(-c3ccc(CCC)cc3)cc2)CC1.CCCc1ccc(-c2ccc(C#CC3CCC(CCC)CC3)cc2)cc1. The van der Waals surface area contributed by atoms with E-state index in [2.05, 4.69) is 148 Å². The fourth-order valence-corrected chi connectivity index (χ4v) is 8.26. The summed E-state index contributed by atoms with van der Waals surface area (Å²) in [5.41, 5.74) is 10.3. The Morgan fingerprint density at radius 2 is 0.755 bits per heavy atom. The van der Waals surface area contributed by atoms with Crippen molar-refractivity contribution < 1.29 is 0 Å². The van der Waals surface area contributed by atoms with Gasteiger partial charge >= 0.3 is 0 Å². The Kier molecular flexibility index (Phi) is 16.9. The average Bonchev–Trinajstić information content (AvgIpc) is 3.21. The van der Waals surface area contributed by atoms with Gasteiger partial charge in [0.15, 0.2) is 0 Å². The van der Waals surface area contributed by atoms with Gasteiger partial charge in [-0.2, -0.15) is 0 Å². The molecule has 0 spiro atoms. The number of hydrogen-bond donors (Lipinski definition) is 0. The standard InChI is InChI=1S/C27H34.C26H32/c1-3-5-7-23-8-10-24(11-9-23)12-13-25-16-20-27(21-17-25)26-18-14-22(6-4-2)15-19-26;1-3-5-21-7-9-23(10-8-21)11-12-24-15-19-26(20-16-24)25-17-13-22(6-4-2)14-18-25/h14-21,23-24H,3-11H2,1-2H3;13-21,23H,3-10H2,1-2H3. The molecule has 2 fully saturated rings. The molecule has 0 amide bonds. The molecular weight excluding hydrogens is 637 g/mol. The van der Waals surface area contributed by atoms with Crippen LogP contribution in [-0.2, 0) is 12.8 Å². The van der Waals surface area contributed by atoms with Crippen LogP contribution in [0.25, 0.3) is 22.3 Å². The largest absolute Gasteiger partial charge is 0.0945 e. The molecular formula is C53H66. The fourth-order valence-electron chi connectivity index (χ4n) is 8.26. The summed E-state index contributed by atoms with van der Waals surface area (Å²) in [6, 6.07) is 35.5. The van der Waals surface area contributed by atoms with Gasteiger partial charge in [0.25, 0.3) is 0 Å². The molecule has 278 valence electrons. The van der Waals surface area contributed by atoms with Crippen molar-refractivity contribution in [1.82, 2.24) is 0 Å². The molecule has 0 heteroatoms. The van der Waals surface area contributed by atoms with E-state index in [1.807, 2.05) is 0 Å². The van der Waals surface area contributed by atoms with Gasteiger partial charge in [0.2, 0.25) is 0 Å². The van der Waals surface area contributed by atoms with Crippen molar-refractivity contribution in [3.8, 4) is 45.9 Å². The van der Waals surface area contributed by atoms with Crippen LogP contribution < -0.4 is 0 Å². The lowest BCUT2D eigenvalue weighted by molar-refractivity contribution is 0.296. The lowest BCUT2D eigenvalue weighted by Crippen LogP contribution is -2.13. The van der Waals surface area contributed by atoms with Gasteiger partial charge in [0, 0.05) is 23.0 Å². The first-order valence-electron chi connectivity index (χ1n) is 21.5. The summed E-state index contributed by atoms with van der Waals surface area (Å²) in [4.78, 5) is 0. The van der Waals surface area contributed by atoms with Crippen molar-refractivity contribution in [3.05, 3.63) is 119 Å². The lowest BCUT2D eigenvalue weighted by Gasteiger charge is -2.25. The third-order valence-corrected chi connectivity index (χ3v) is 11.6. The molecule has 4 aromatic rings. The Balaban J connectivity index is 0.000000204. The number of unbranched alkanes of at least 4 members (excludes halogenated alkanes) is 1. The van der Waals surface area contributed by atoms with E-state index in [0.717, 1.165) is 35.8 Å². The summed E-state index contributed by atoms with van der Waals surface area (Å²) < 4.78 is 0. The smallest absolute Gasteiger partial charge is 0.0245 e. The Labute approximate surface area is 324 Å². The summed E-state index contributed by atoms with van der Waals surface area (Å²) in [6.45, 7) is 9.05. The monoisotopic (exact) mass is 703 g/mol. The van der Waals surface area contributed by atoms with Crippen molar-refractivity contribution in [1.29, 1.82) is 0 Å². The molecule has 4 aromatic carbocycles. The van der Waals surface area contributed by atoms with Gasteiger partial charge in [0.1, 0.15) is 0 Å². The van der Waals surface area contributed by atoms with Gasteiger partial charge in [-0.05, 0) is 134 Å². The predicted molar refractivity (Wildman–Crippen MR) is 231 cm³/mol. The molecule has 0 aliphatic heterocycles. The predicted octanol–water partition coefficient (Wildman–Crippen LogP) is 14.9. The van der Waals surface area contributed by atoms with Gasteiger partial charge < -0.3 is 0 Å². The first-order valence-corrected chi connectivity index (χ1v) is 21.5. The van der Waals surface area contributed by atoms with Gasteiger partial charge in [0.05, 0.1) is 0 Å². The minimum Gasteiger partial charge on any atom is -0.0945 e. The molecule has 0 nitrogen and oxygen atoms in total. The highest BCUT2D eigenvalue weighted by Gasteiger charge is 2.20. The molecule has 2 aliphatic rings. The summed E-state index contributed by atoms with van der Waals surface area (Å²) in [5, 5.41) is 0. The van der Waals surface area contributed by atoms with Crippen LogP contribution in [-0.4, -0.2) is 0 Å². The Bertz CT molecular complexity index is 1720. The molecule has 0 atom stereocenters. The zero-order valence-corrected chi connectivity index (χ0v) is 33.6. The quantitative estimate of drug-likeness (QED) is 0.137. The van der Waals surface area contributed by atoms with Crippen LogP contribution in [0.5, 0.6) is 0 Å². The van der Waals surface area contributed by atoms with Gasteiger partial charge in [-0.15, -0.1) is 0 Å². The Hall–Kier alpha value is -4.00. The van der Waals surface area contributed by atoms with E-state index in [9.17, 15) is 0 Å². The Morgan fingerprint density at radius 3 is 1.09 bits per heavy atom. The molecule has 0 radical (unpaired) electrons. The van der Waals surface area contributed by atoms with Gasteiger partial charge in [-0.3, -0.25) is 0 Å². The van der Waals surface area contributed by atoms with E-state index in [0.29, 0.717) is 11.8 Å². The first-order chi connectivity index (χ1) is 26.1. The van der Waals surface area contributed by atoms with E-state index < -0.39 is 0 Å². The van der Waals surface area contributed by atoms with Gasteiger partial charge in [-0.1, -0.05) is 169 Å².